The molecule has 0 fully saturated rings. The molecule has 96 valence electrons. The van der Waals surface area contributed by atoms with Crippen molar-refractivity contribution in [2.75, 3.05) is 0 Å². The van der Waals surface area contributed by atoms with Crippen LogP contribution < -0.4 is 5.32 Å². The molecule has 1 atom stereocenters. The second kappa shape index (κ2) is 5.98. The van der Waals surface area contributed by atoms with E-state index in [0.717, 1.165) is 23.5 Å². The Labute approximate surface area is 112 Å². The first-order chi connectivity index (χ1) is 8.70. The monoisotopic (exact) mass is 262 g/mol. The standard InChI is InChI=1S/C14H18N2OS/c1-3-13(12-6-4-5-7-14(12)17)16-9-11-8-15-10(2)18-11/h4-8,13,16-17H,3,9H2,1-2H3. The Morgan fingerprint density at radius 1 is 1.39 bits per heavy atom. The van der Waals surface area contributed by atoms with Crippen molar-refractivity contribution in [2.45, 2.75) is 32.9 Å². The molecule has 0 radical (unpaired) electrons. The van der Waals surface area contributed by atoms with Gasteiger partial charge in [-0.05, 0) is 19.4 Å². The Morgan fingerprint density at radius 3 is 2.78 bits per heavy atom. The van der Waals surface area contributed by atoms with Crippen LogP contribution >= 0.6 is 11.3 Å². The summed E-state index contributed by atoms with van der Waals surface area (Å²) in [5.74, 6) is 0.359. The number of phenols is 1. The molecule has 0 aliphatic carbocycles. The average molecular weight is 262 g/mol. The van der Waals surface area contributed by atoms with E-state index in [9.17, 15) is 5.11 Å². The summed E-state index contributed by atoms with van der Waals surface area (Å²) in [4.78, 5) is 5.46. The molecule has 1 aromatic carbocycles. The van der Waals surface area contributed by atoms with Crippen LogP contribution in [0.25, 0.3) is 0 Å². The third-order valence-corrected chi connectivity index (χ3v) is 3.83. The number of aromatic hydroxyl groups is 1. The Hall–Kier alpha value is -1.39. The summed E-state index contributed by atoms with van der Waals surface area (Å²) in [6, 6.07) is 7.67. The fourth-order valence-corrected chi connectivity index (χ4v) is 2.71. The van der Waals surface area contributed by atoms with Gasteiger partial charge in [0.1, 0.15) is 5.75 Å². The number of rotatable bonds is 5. The van der Waals surface area contributed by atoms with E-state index in [2.05, 4.69) is 17.2 Å². The van der Waals surface area contributed by atoms with Crippen LogP contribution in [0, 0.1) is 6.92 Å². The summed E-state index contributed by atoms with van der Waals surface area (Å²) >= 11 is 1.70. The predicted octanol–water partition coefficient (Wildman–Crippen LogP) is 3.40. The summed E-state index contributed by atoms with van der Waals surface area (Å²) in [6.45, 7) is 4.91. The lowest BCUT2D eigenvalue weighted by Gasteiger charge is -2.17. The second-order valence-electron chi connectivity index (χ2n) is 4.25. The van der Waals surface area contributed by atoms with Gasteiger partial charge >= 0.3 is 0 Å². The minimum atomic E-state index is 0.175. The Balaban J connectivity index is 2.04. The molecule has 0 saturated heterocycles. The van der Waals surface area contributed by atoms with E-state index in [1.807, 2.05) is 31.3 Å². The van der Waals surface area contributed by atoms with Gasteiger partial charge in [0, 0.05) is 29.2 Å². The molecule has 0 aliphatic rings. The number of hydrogen-bond donors (Lipinski definition) is 2. The highest BCUT2D eigenvalue weighted by Gasteiger charge is 2.12. The normalized spacial score (nSPS) is 12.6. The fourth-order valence-electron chi connectivity index (χ4n) is 1.97. The van der Waals surface area contributed by atoms with Crippen LogP contribution in [-0.2, 0) is 6.54 Å². The number of aromatic nitrogens is 1. The van der Waals surface area contributed by atoms with Crippen molar-refractivity contribution in [2.24, 2.45) is 0 Å². The molecule has 3 nitrogen and oxygen atoms in total. The molecule has 1 heterocycles. The number of benzene rings is 1. The first-order valence-corrected chi connectivity index (χ1v) is 6.95. The van der Waals surface area contributed by atoms with Gasteiger partial charge in [0.05, 0.1) is 5.01 Å². The summed E-state index contributed by atoms with van der Waals surface area (Å²) < 4.78 is 0. The molecule has 0 aliphatic heterocycles. The summed E-state index contributed by atoms with van der Waals surface area (Å²) in [6.07, 6.45) is 2.85. The maximum atomic E-state index is 9.86. The van der Waals surface area contributed by atoms with E-state index in [-0.39, 0.29) is 6.04 Å². The van der Waals surface area contributed by atoms with Crippen molar-refractivity contribution in [3.05, 3.63) is 45.9 Å². The first-order valence-electron chi connectivity index (χ1n) is 6.13. The van der Waals surface area contributed by atoms with Crippen molar-refractivity contribution >= 4 is 11.3 Å². The summed E-state index contributed by atoms with van der Waals surface area (Å²) in [7, 11) is 0. The Morgan fingerprint density at radius 2 is 2.17 bits per heavy atom. The molecule has 2 N–H and O–H groups in total. The predicted molar refractivity (Wildman–Crippen MR) is 74.8 cm³/mol. The van der Waals surface area contributed by atoms with Crippen LogP contribution in [0.5, 0.6) is 5.75 Å². The van der Waals surface area contributed by atoms with E-state index in [1.165, 1.54) is 4.88 Å². The summed E-state index contributed by atoms with van der Waals surface area (Å²) in [5, 5.41) is 14.4. The molecule has 0 spiro atoms. The van der Waals surface area contributed by atoms with Gasteiger partial charge < -0.3 is 10.4 Å². The van der Waals surface area contributed by atoms with Crippen molar-refractivity contribution < 1.29 is 5.11 Å². The zero-order valence-corrected chi connectivity index (χ0v) is 11.5. The molecule has 4 heteroatoms. The highest BCUT2D eigenvalue weighted by molar-refractivity contribution is 7.11. The van der Waals surface area contributed by atoms with E-state index in [0.29, 0.717) is 5.75 Å². The molecular weight excluding hydrogens is 244 g/mol. The van der Waals surface area contributed by atoms with Crippen LogP contribution in [0.2, 0.25) is 0 Å². The third-order valence-electron chi connectivity index (χ3n) is 2.91. The fraction of sp³-hybridized carbons (Fsp3) is 0.357. The number of hydrogen-bond acceptors (Lipinski definition) is 4. The van der Waals surface area contributed by atoms with Gasteiger partial charge in [-0.3, -0.25) is 0 Å². The molecular formula is C14H18N2OS. The molecule has 0 saturated carbocycles. The minimum absolute atomic E-state index is 0.175. The SMILES string of the molecule is CCC(NCc1cnc(C)s1)c1ccccc1O. The van der Waals surface area contributed by atoms with Crippen molar-refractivity contribution in [3.63, 3.8) is 0 Å². The second-order valence-corrected chi connectivity index (χ2v) is 5.57. The van der Waals surface area contributed by atoms with Gasteiger partial charge in [-0.1, -0.05) is 25.1 Å². The number of thiazole rings is 1. The molecule has 2 aromatic rings. The average Bonchev–Trinajstić information content (AvgIpc) is 2.78. The van der Waals surface area contributed by atoms with Crippen molar-refractivity contribution in [1.82, 2.24) is 10.3 Å². The van der Waals surface area contributed by atoms with E-state index in [1.54, 1.807) is 17.4 Å². The number of aryl methyl sites for hydroxylation is 1. The van der Waals surface area contributed by atoms with Crippen LogP contribution in [0.1, 0.15) is 34.8 Å². The summed E-state index contributed by atoms with van der Waals surface area (Å²) in [5.41, 5.74) is 0.959. The third kappa shape index (κ3) is 3.09. The van der Waals surface area contributed by atoms with Gasteiger partial charge in [0.15, 0.2) is 0 Å². The van der Waals surface area contributed by atoms with Gasteiger partial charge in [-0.2, -0.15) is 0 Å². The zero-order chi connectivity index (χ0) is 13.0. The maximum Gasteiger partial charge on any atom is 0.120 e. The highest BCUT2D eigenvalue weighted by atomic mass is 32.1. The lowest BCUT2D eigenvalue weighted by Crippen LogP contribution is -2.19. The molecule has 2 rings (SSSR count). The van der Waals surface area contributed by atoms with Gasteiger partial charge in [0.25, 0.3) is 0 Å². The molecule has 0 amide bonds. The molecule has 1 aromatic heterocycles. The van der Waals surface area contributed by atoms with Crippen molar-refractivity contribution in [3.8, 4) is 5.75 Å². The lowest BCUT2D eigenvalue weighted by atomic mass is 10.0. The first kappa shape index (κ1) is 13.1. The minimum Gasteiger partial charge on any atom is -0.508 e. The number of para-hydroxylation sites is 1. The number of nitrogens with zero attached hydrogens (tertiary/aromatic N) is 1. The molecule has 0 bridgehead atoms. The lowest BCUT2D eigenvalue weighted by molar-refractivity contribution is 0.441. The van der Waals surface area contributed by atoms with E-state index >= 15 is 0 Å². The van der Waals surface area contributed by atoms with Crippen LogP contribution in [0.4, 0.5) is 0 Å². The van der Waals surface area contributed by atoms with Crippen LogP contribution in [0.3, 0.4) is 0 Å². The van der Waals surface area contributed by atoms with Gasteiger partial charge in [-0.15, -0.1) is 11.3 Å². The van der Waals surface area contributed by atoms with Crippen LogP contribution in [-0.4, -0.2) is 10.1 Å². The van der Waals surface area contributed by atoms with E-state index in [4.69, 9.17) is 0 Å². The van der Waals surface area contributed by atoms with Gasteiger partial charge in [0.2, 0.25) is 0 Å². The van der Waals surface area contributed by atoms with Crippen molar-refractivity contribution in [1.29, 1.82) is 0 Å². The molecule has 18 heavy (non-hydrogen) atoms. The quantitative estimate of drug-likeness (QED) is 0.868. The maximum absolute atomic E-state index is 9.86. The number of nitrogens with one attached hydrogen (secondary N) is 1. The Bertz CT molecular complexity index is 510. The van der Waals surface area contributed by atoms with Gasteiger partial charge in [-0.25, -0.2) is 4.98 Å². The number of phenolic OH excluding ortho intramolecular Hbond substituents is 1. The highest BCUT2D eigenvalue weighted by Crippen LogP contribution is 2.26. The molecule has 1 unspecified atom stereocenters. The van der Waals surface area contributed by atoms with Crippen LogP contribution in [0.15, 0.2) is 30.5 Å². The Kier molecular flexibility index (Phi) is 4.33. The topological polar surface area (TPSA) is 45.2 Å². The zero-order valence-electron chi connectivity index (χ0n) is 10.7. The largest absolute Gasteiger partial charge is 0.508 e. The smallest absolute Gasteiger partial charge is 0.120 e. The van der Waals surface area contributed by atoms with E-state index < -0.39 is 0 Å².